The SMILES string of the molecule is CC(=O)Nc1nc(F)c(CN2CCC(Cc3cc(C)nc(C)n3)C2)s1. The fourth-order valence-corrected chi connectivity index (χ4v) is 4.19. The van der Waals surface area contributed by atoms with Gasteiger partial charge in [-0.05, 0) is 45.2 Å². The van der Waals surface area contributed by atoms with Crippen LogP contribution in [-0.4, -0.2) is 38.8 Å². The van der Waals surface area contributed by atoms with E-state index >= 15 is 0 Å². The fourth-order valence-electron chi connectivity index (χ4n) is 3.25. The molecule has 0 aliphatic carbocycles. The quantitative estimate of drug-likeness (QED) is 0.884. The predicted octanol–water partition coefficient (Wildman–Crippen LogP) is 2.71. The van der Waals surface area contributed by atoms with Crippen LogP contribution in [0, 0.1) is 25.7 Å². The lowest BCUT2D eigenvalue weighted by Gasteiger charge is -2.14. The lowest BCUT2D eigenvalue weighted by atomic mass is 10.0. The first-order valence-electron chi connectivity index (χ1n) is 8.35. The Kier molecular flexibility index (Phi) is 5.39. The molecule has 2 aromatic heterocycles. The Morgan fingerprint density at radius 1 is 1.40 bits per heavy atom. The van der Waals surface area contributed by atoms with Crippen LogP contribution in [0.25, 0.3) is 0 Å². The molecule has 1 atom stereocenters. The largest absolute Gasteiger partial charge is 0.302 e. The van der Waals surface area contributed by atoms with Crippen molar-refractivity contribution >= 4 is 22.4 Å². The summed E-state index contributed by atoms with van der Waals surface area (Å²) in [5, 5.41) is 2.86. The van der Waals surface area contributed by atoms with Crippen LogP contribution in [-0.2, 0) is 17.8 Å². The van der Waals surface area contributed by atoms with Crippen molar-refractivity contribution in [1.82, 2.24) is 19.9 Å². The van der Waals surface area contributed by atoms with E-state index in [-0.39, 0.29) is 5.91 Å². The molecule has 3 rings (SSSR count). The summed E-state index contributed by atoms with van der Waals surface area (Å²) >= 11 is 1.20. The Hall–Kier alpha value is -1.93. The van der Waals surface area contributed by atoms with Crippen molar-refractivity contribution in [2.75, 3.05) is 18.4 Å². The number of aromatic nitrogens is 3. The maximum Gasteiger partial charge on any atom is 0.230 e. The van der Waals surface area contributed by atoms with Crippen molar-refractivity contribution in [3.05, 3.63) is 34.1 Å². The van der Waals surface area contributed by atoms with Crippen LogP contribution in [0.4, 0.5) is 9.52 Å². The zero-order valence-electron chi connectivity index (χ0n) is 14.7. The molecule has 2 aromatic rings. The van der Waals surface area contributed by atoms with Crippen molar-refractivity contribution in [2.45, 2.75) is 40.2 Å². The molecule has 134 valence electrons. The molecule has 25 heavy (non-hydrogen) atoms. The molecule has 0 aromatic carbocycles. The van der Waals surface area contributed by atoms with Crippen LogP contribution in [0.2, 0.25) is 0 Å². The highest BCUT2D eigenvalue weighted by atomic mass is 32.1. The van der Waals surface area contributed by atoms with Crippen LogP contribution in [0.5, 0.6) is 0 Å². The molecule has 1 aliphatic heterocycles. The number of amides is 1. The Morgan fingerprint density at radius 2 is 2.20 bits per heavy atom. The Bertz CT molecular complexity index is 758. The van der Waals surface area contributed by atoms with Crippen molar-refractivity contribution < 1.29 is 9.18 Å². The monoisotopic (exact) mass is 363 g/mol. The molecule has 1 aliphatic rings. The first-order valence-corrected chi connectivity index (χ1v) is 9.17. The number of carbonyl (C=O) groups is 1. The highest BCUT2D eigenvalue weighted by Gasteiger charge is 2.25. The average Bonchev–Trinajstić information content (AvgIpc) is 3.05. The topological polar surface area (TPSA) is 71.0 Å². The number of thiazole rings is 1. The molecule has 1 saturated heterocycles. The summed E-state index contributed by atoms with van der Waals surface area (Å²) in [6.07, 6.45) is 1.99. The minimum atomic E-state index is -0.487. The van der Waals surface area contributed by atoms with Crippen molar-refractivity contribution in [2.24, 2.45) is 5.92 Å². The first-order chi connectivity index (χ1) is 11.9. The van der Waals surface area contributed by atoms with Gasteiger partial charge < -0.3 is 5.32 Å². The molecule has 0 radical (unpaired) electrons. The summed E-state index contributed by atoms with van der Waals surface area (Å²) in [4.78, 5) is 26.5. The zero-order chi connectivity index (χ0) is 18.0. The van der Waals surface area contributed by atoms with Gasteiger partial charge in [0, 0.05) is 31.4 Å². The Morgan fingerprint density at radius 3 is 2.92 bits per heavy atom. The molecule has 1 fully saturated rings. The normalized spacial score (nSPS) is 17.8. The van der Waals surface area contributed by atoms with Crippen molar-refractivity contribution in [1.29, 1.82) is 0 Å². The van der Waals surface area contributed by atoms with Gasteiger partial charge in [-0.15, -0.1) is 0 Å². The molecule has 1 amide bonds. The predicted molar refractivity (Wildman–Crippen MR) is 95.0 cm³/mol. The van der Waals surface area contributed by atoms with E-state index in [1.54, 1.807) is 0 Å². The van der Waals surface area contributed by atoms with E-state index in [9.17, 15) is 9.18 Å². The van der Waals surface area contributed by atoms with Crippen LogP contribution in [0.3, 0.4) is 0 Å². The van der Waals surface area contributed by atoms with Gasteiger partial charge in [-0.1, -0.05) is 11.3 Å². The molecule has 0 bridgehead atoms. The number of anilines is 1. The Balaban J connectivity index is 1.58. The molecule has 1 unspecified atom stereocenters. The highest BCUT2D eigenvalue weighted by Crippen LogP contribution is 2.27. The smallest absolute Gasteiger partial charge is 0.230 e. The van der Waals surface area contributed by atoms with Crippen molar-refractivity contribution in [3.63, 3.8) is 0 Å². The third-order valence-corrected chi connectivity index (χ3v) is 5.12. The summed E-state index contributed by atoms with van der Waals surface area (Å²) in [7, 11) is 0. The Labute approximate surface area is 150 Å². The number of nitrogens with one attached hydrogen (secondary N) is 1. The molecule has 6 nitrogen and oxygen atoms in total. The van der Waals surface area contributed by atoms with Gasteiger partial charge in [-0.3, -0.25) is 9.69 Å². The fraction of sp³-hybridized carbons (Fsp3) is 0.529. The lowest BCUT2D eigenvalue weighted by Crippen LogP contribution is -2.20. The number of hydrogen-bond donors (Lipinski definition) is 1. The van der Waals surface area contributed by atoms with E-state index in [1.807, 2.05) is 19.9 Å². The number of nitrogens with zero attached hydrogens (tertiary/aromatic N) is 4. The third kappa shape index (κ3) is 4.79. The number of rotatable bonds is 5. The van der Waals surface area contributed by atoms with Crippen LogP contribution in [0.15, 0.2) is 6.07 Å². The van der Waals surface area contributed by atoms with Crippen LogP contribution in [0.1, 0.15) is 35.4 Å². The van der Waals surface area contributed by atoms with Gasteiger partial charge in [0.1, 0.15) is 5.82 Å². The van der Waals surface area contributed by atoms with E-state index in [2.05, 4.69) is 25.2 Å². The highest BCUT2D eigenvalue weighted by molar-refractivity contribution is 7.15. The van der Waals surface area contributed by atoms with Crippen LogP contribution < -0.4 is 5.32 Å². The molecule has 0 saturated carbocycles. The molecule has 1 N–H and O–H groups in total. The van der Waals surface area contributed by atoms with Gasteiger partial charge in [0.05, 0.1) is 4.88 Å². The second kappa shape index (κ2) is 7.53. The second-order valence-electron chi connectivity index (χ2n) is 6.56. The molecular weight excluding hydrogens is 341 g/mol. The van der Waals surface area contributed by atoms with E-state index in [0.717, 1.165) is 43.1 Å². The minimum Gasteiger partial charge on any atom is -0.302 e. The average molecular weight is 363 g/mol. The summed E-state index contributed by atoms with van der Waals surface area (Å²) in [6, 6.07) is 2.04. The summed E-state index contributed by atoms with van der Waals surface area (Å²) < 4.78 is 14.0. The van der Waals surface area contributed by atoms with Crippen LogP contribution >= 0.6 is 11.3 Å². The standard InChI is InChI=1S/C17H22FN5OS/c1-10-6-14(20-11(2)19-10)7-13-4-5-23(8-13)9-15-16(18)22-17(25-15)21-12(3)24/h6,13H,4-5,7-9H2,1-3H3,(H,21,22,24). The van der Waals surface area contributed by atoms with E-state index in [1.165, 1.54) is 18.3 Å². The van der Waals surface area contributed by atoms with Gasteiger partial charge in [-0.25, -0.2) is 9.97 Å². The van der Waals surface area contributed by atoms with Gasteiger partial charge in [0.2, 0.25) is 11.9 Å². The van der Waals surface area contributed by atoms with E-state index in [0.29, 0.717) is 22.5 Å². The van der Waals surface area contributed by atoms with Gasteiger partial charge in [-0.2, -0.15) is 9.37 Å². The molecule has 0 spiro atoms. The van der Waals surface area contributed by atoms with Gasteiger partial charge in [0.15, 0.2) is 5.13 Å². The number of likely N-dealkylation sites (tertiary alicyclic amines) is 1. The number of hydrogen-bond acceptors (Lipinski definition) is 6. The molecule has 8 heteroatoms. The maximum absolute atomic E-state index is 14.0. The maximum atomic E-state index is 14.0. The number of halogens is 1. The van der Waals surface area contributed by atoms with Gasteiger partial charge in [0.25, 0.3) is 0 Å². The minimum absolute atomic E-state index is 0.239. The van der Waals surface area contributed by atoms with E-state index in [4.69, 9.17) is 0 Å². The molecule has 3 heterocycles. The molecular formula is C17H22FN5OS. The van der Waals surface area contributed by atoms with E-state index < -0.39 is 5.95 Å². The summed E-state index contributed by atoms with van der Waals surface area (Å²) in [6.45, 7) is 7.66. The van der Waals surface area contributed by atoms with Gasteiger partial charge >= 0.3 is 0 Å². The lowest BCUT2D eigenvalue weighted by molar-refractivity contribution is -0.114. The number of aryl methyl sites for hydroxylation is 2. The zero-order valence-corrected chi connectivity index (χ0v) is 15.5. The second-order valence-corrected chi connectivity index (χ2v) is 7.64. The summed E-state index contributed by atoms with van der Waals surface area (Å²) in [5.74, 6) is 0.595. The van der Waals surface area contributed by atoms with Crippen molar-refractivity contribution in [3.8, 4) is 0 Å². The number of carbonyl (C=O) groups excluding carboxylic acids is 1. The third-order valence-electron chi connectivity index (χ3n) is 4.19. The summed E-state index contributed by atoms with van der Waals surface area (Å²) in [5.41, 5.74) is 2.07. The first kappa shape index (κ1) is 17.9.